The summed E-state index contributed by atoms with van der Waals surface area (Å²) in [6.45, 7) is 32.4. The minimum Gasteiger partial charge on any atom is -0.311 e. The highest BCUT2D eigenvalue weighted by Gasteiger charge is 2.60. The Morgan fingerprint density at radius 2 is 0.928 bits per heavy atom. The minimum atomic E-state index is -2.25. The van der Waals surface area contributed by atoms with Crippen LogP contribution < -0.4 is 9.80 Å². The molecular weight excluding hydrogens is 869 g/mol. The van der Waals surface area contributed by atoms with Crippen LogP contribution >= 0.6 is 0 Å². The van der Waals surface area contributed by atoms with Crippen LogP contribution in [-0.4, -0.2) is 16.1 Å². The monoisotopic (exact) mass is 928 g/mol. The van der Waals surface area contributed by atoms with Gasteiger partial charge in [-0.2, -0.15) is 5.26 Å². The number of nitrogens with zero attached hydrogens (tertiary/aromatic N) is 4. The maximum Gasteiger partial charge on any atom is 0.187 e. The van der Waals surface area contributed by atoms with Crippen LogP contribution in [0.1, 0.15) is 67.3 Å². The fourth-order valence-corrected chi connectivity index (χ4v) is 25.2. The van der Waals surface area contributed by atoms with Crippen molar-refractivity contribution < 1.29 is 0 Å². The summed E-state index contributed by atoms with van der Waals surface area (Å²) in [5.74, 6) is 0.832. The zero-order chi connectivity index (χ0) is 48.6. The van der Waals surface area contributed by atoms with Gasteiger partial charge in [-0.25, -0.2) is 4.85 Å². The van der Waals surface area contributed by atoms with Gasteiger partial charge >= 0.3 is 0 Å². The van der Waals surface area contributed by atoms with Crippen molar-refractivity contribution >= 4 is 88.3 Å². The van der Waals surface area contributed by atoms with Crippen LogP contribution in [0.2, 0.25) is 39.3 Å². The van der Waals surface area contributed by atoms with E-state index in [2.05, 4.69) is 233 Å². The van der Waals surface area contributed by atoms with Gasteiger partial charge in [-0.15, -0.1) is 0 Å². The summed E-state index contributed by atoms with van der Waals surface area (Å²) in [4.78, 5) is 8.52. The van der Waals surface area contributed by atoms with Crippen molar-refractivity contribution in [2.75, 3.05) is 9.80 Å². The third-order valence-electron chi connectivity index (χ3n) is 14.9. The Hall–Kier alpha value is -7.23. The molecule has 1 aliphatic rings. The Labute approximate surface area is 411 Å². The van der Waals surface area contributed by atoms with Gasteiger partial charge in [0, 0.05) is 38.5 Å². The van der Waals surface area contributed by atoms with E-state index in [4.69, 9.17) is 6.57 Å². The Morgan fingerprint density at radius 1 is 0.478 bits per heavy atom. The average Bonchev–Trinajstić information content (AvgIpc) is 3.69. The zero-order valence-electron chi connectivity index (χ0n) is 41.6. The number of anilines is 6. The van der Waals surface area contributed by atoms with Gasteiger partial charge < -0.3 is 9.80 Å². The highest BCUT2D eigenvalue weighted by Crippen LogP contribution is 2.64. The Kier molecular flexibility index (Phi) is 11.3. The van der Waals surface area contributed by atoms with Crippen LogP contribution in [-0.2, 0) is 4.66 Å². The van der Waals surface area contributed by atoms with Crippen molar-refractivity contribution in [3.05, 3.63) is 209 Å². The van der Waals surface area contributed by atoms with Gasteiger partial charge in [0.15, 0.2) is 5.69 Å². The highest BCUT2D eigenvalue weighted by molar-refractivity contribution is 7.00. The number of fused-ring (bicyclic) bond motifs is 10. The second kappa shape index (κ2) is 17.1. The zero-order valence-corrected chi connectivity index (χ0v) is 43.6. The van der Waals surface area contributed by atoms with Gasteiger partial charge in [-0.05, 0) is 151 Å². The summed E-state index contributed by atoms with van der Waals surface area (Å²) in [5, 5.41) is 17.5. The molecule has 9 aromatic carbocycles. The van der Waals surface area contributed by atoms with E-state index in [1.165, 1.54) is 65.7 Å². The minimum absolute atomic E-state index is 0.215. The molecule has 0 bridgehead atoms. The lowest BCUT2D eigenvalue weighted by atomic mass is 9.89. The lowest BCUT2D eigenvalue weighted by molar-refractivity contribution is 0.866. The molecule has 0 saturated carbocycles. The predicted molar refractivity (Wildman–Crippen MR) is 300 cm³/mol. The molecule has 0 heterocycles. The molecular formula is C63H60N4Si2. The summed E-state index contributed by atoms with van der Waals surface area (Å²) in [7, 11) is -4.49. The lowest BCUT2D eigenvalue weighted by Gasteiger charge is -2.52. The first-order valence-electron chi connectivity index (χ1n) is 24.4. The van der Waals surface area contributed by atoms with E-state index in [1.54, 1.807) is 0 Å². The number of hydrogen-bond acceptors (Lipinski definition) is 3. The predicted octanol–water partition coefficient (Wildman–Crippen LogP) is 18.8. The average molecular weight is 929 g/mol. The first-order chi connectivity index (χ1) is 33.1. The number of benzene rings is 9. The molecule has 69 heavy (non-hydrogen) atoms. The molecule has 0 radical (unpaired) electrons. The molecule has 4 nitrogen and oxygen atoms in total. The molecule has 0 saturated heterocycles. The second-order valence-electron chi connectivity index (χ2n) is 21.6. The quantitative estimate of drug-likeness (QED) is 0.0779. The molecule has 0 atom stereocenters. The van der Waals surface area contributed by atoms with Gasteiger partial charge in [-0.3, -0.25) is 0 Å². The smallest absolute Gasteiger partial charge is 0.187 e. The van der Waals surface area contributed by atoms with Crippen LogP contribution in [0.4, 0.5) is 39.8 Å². The van der Waals surface area contributed by atoms with E-state index in [0.717, 1.165) is 34.1 Å². The van der Waals surface area contributed by atoms with Gasteiger partial charge in [0.05, 0.1) is 40.0 Å². The Morgan fingerprint density at radius 3 is 1.42 bits per heavy atom. The van der Waals surface area contributed by atoms with Crippen LogP contribution in [0.15, 0.2) is 170 Å². The van der Waals surface area contributed by atoms with Crippen molar-refractivity contribution in [3.63, 3.8) is 0 Å². The highest BCUT2D eigenvalue weighted by atomic mass is 28.4. The standard InChI is InChI=1S/C63H60N4Si2/c1-41(2)44-22-30-47(31-23-44)66(48-34-26-46(65-5)27-35-48)51-36-37-56-57(38-51)52-16-12-14-18-54(52)61-60-55-19-15-13-17-53(55)59(39-58(60)63(62(56)61,68(6,7)8)69(9,10)11)67(49-28-20-43(40-64)21-29-49)50-32-24-45(25-33-50)42(3)4/h12-39,41-42H,1-4,6-11H3. The van der Waals surface area contributed by atoms with Gasteiger partial charge in [-0.1, -0.05) is 158 Å². The van der Waals surface area contributed by atoms with Crippen LogP contribution in [0.5, 0.6) is 0 Å². The topological polar surface area (TPSA) is 34.6 Å². The maximum absolute atomic E-state index is 9.90. The van der Waals surface area contributed by atoms with E-state index < -0.39 is 16.1 Å². The Balaban J connectivity index is 1.31. The molecule has 1 aliphatic carbocycles. The molecule has 0 N–H and O–H groups in total. The number of nitriles is 1. The largest absolute Gasteiger partial charge is 0.311 e. The SMILES string of the molecule is [C-]#[N+]c1ccc(N(c2ccc(C(C)C)cc2)c2ccc3c4c(c5ccccc5c3c2)-c2c(cc(N(c3ccc(C#N)cc3)c3ccc(C(C)C)cc3)c3ccccc23)C4([Si](C)(C)C)[Si](C)(C)C)cc1. The van der Waals surface area contributed by atoms with Crippen LogP contribution in [0.3, 0.4) is 0 Å². The Bertz CT molecular complexity index is 3510. The van der Waals surface area contributed by atoms with Crippen molar-refractivity contribution in [1.82, 2.24) is 0 Å². The number of rotatable bonds is 10. The fourth-order valence-electron chi connectivity index (χ4n) is 12.1. The molecule has 0 spiro atoms. The van der Waals surface area contributed by atoms with Crippen molar-refractivity contribution in [2.24, 2.45) is 0 Å². The molecule has 0 aromatic heterocycles. The van der Waals surface area contributed by atoms with E-state index in [9.17, 15) is 5.26 Å². The molecule has 6 heteroatoms. The van der Waals surface area contributed by atoms with E-state index in [0.29, 0.717) is 23.1 Å². The van der Waals surface area contributed by atoms with Gasteiger partial charge in [0.1, 0.15) is 0 Å². The first-order valence-corrected chi connectivity index (χ1v) is 31.4. The molecule has 340 valence electrons. The fraction of sp³-hybridized carbons (Fsp3) is 0.206. The van der Waals surface area contributed by atoms with E-state index in [-0.39, 0.29) is 4.66 Å². The molecule has 9 aromatic rings. The molecule has 0 fully saturated rings. The summed E-state index contributed by atoms with van der Waals surface area (Å²) in [6, 6.07) is 64.6. The van der Waals surface area contributed by atoms with E-state index >= 15 is 0 Å². The van der Waals surface area contributed by atoms with Crippen LogP contribution in [0, 0.1) is 17.9 Å². The maximum atomic E-state index is 9.90. The van der Waals surface area contributed by atoms with Crippen molar-refractivity contribution in [3.8, 4) is 17.2 Å². The second-order valence-corrected chi connectivity index (χ2v) is 32.6. The summed E-state index contributed by atoms with van der Waals surface area (Å²) >= 11 is 0. The van der Waals surface area contributed by atoms with Crippen molar-refractivity contribution in [1.29, 1.82) is 5.26 Å². The lowest BCUT2D eigenvalue weighted by Crippen LogP contribution is -2.63. The summed E-state index contributed by atoms with van der Waals surface area (Å²) in [5.41, 5.74) is 16.0. The number of hydrogen-bond donors (Lipinski definition) is 0. The van der Waals surface area contributed by atoms with Gasteiger partial charge in [0.2, 0.25) is 0 Å². The molecule has 0 amide bonds. The third kappa shape index (κ3) is 7.28. The summed E-state index contributed by atoms with van der Waals surface area (Å²) < 4.78 is -0.215. The molecule has 10 rings (SSSR count). The van der Waals surface area contributed by atoms with Gasteiger partial charge in [0.25, 0.3) is 0 Å². The molecule has 0 unspecified atom stereocenters. The van der Waals surface area contributed by atoms with Crippen LogP contribution in [0.25, 0.3) is 48.3 Å². The van der Waals surface area contributed by atoms with Crippen molar-refractivity contribution in [2.45, 2.75) is 83.5 Å². The summed E-state index contributed by atoms with van der Waals surface area (Å²) in [6.07, 6.45) is 0. The first kappa shape index (κ1) is 45.6. The van der Waals surface area contributed by atoms with E-state index in [1.807, 2.05) is 24.3 Å². The normalized spacial score (nSPS) is 13.1. The third-order valence-corrected chi connectivity index (χ3v) is 25.0. The molecule has 0 aliphatic heterocycles.